The van der Waals surface area contributed by atoms with Gasteiger partial charge in [-0.15, -0.1) is 0 Å². The van der Waals surface area contributed by atoms with Gasteiger partial charge in [0, 0.05) is 52.8 Å². The third-order valence-electron chi connectivity index (χ3n) is 5.87. The molecule has 3 heterocycles. The summed E-state index contributed by atoms with van der Waals surface area (Å²) in [5.74, 6) is 3.97. The number of aromatic nitrogens is 1. The van der Waals surface area contributed by atoms with Crippen molar-refractivity contribution in [2.24, 2.45) is 0 Å². The first-order chi connectivity index (χ1) is 18.9. The summed E-state index contributed by atoms with van der Waals surface area (Å²) in [4.78, 5) is 3.52. The minimum atomic E-state index is -6.00. The molecule has 0 bridgehead atoms. The summed E-state index contributed by atoms with van der Waals surface area (Å²) in [6, 6.07) is 11.0. The summed E-state index contributed by atoms with van der Waals surface area (Å²) in [6.45, 7) is 26.3. The molecule has 3 nitrogen and oxygen atoms in total. The van der Waals surface area contributed by atoms with Crippen molar-refractivity contribution in [1.82, 2.24) is 4.98 Å². The highest BCUT2D eigenvalue weighted by atomic mass is 19.5. The molecule has 3 aromatic heterocycles. The molecule has 0 amide bonds. The van der Waals surface area contributed by atoms with E-state index in [1.54, 1.807) is 0 Å². The summed E-state index contributed by atoms with van der Waals surface area (Å²) in [6.07, 6.45) is 2.10. The third kappa shape index (κ3) is 14.0. The van der Waals surface area contributed by atoms with Crippen LogP contribution in [-0.2, 0) is 21.7 Å². The molecule has 0 unspecified atom stereocenters. The average molecular weight is 623 g/mol. The predicted molar refractivity (Wildman–Crippen MR) is 160 cm³/mol. The largest absolute Gasteiger partial charge is 0.673 e. The van der Waals surface area contributed by atoms with Gasteiger partial charge in [0.15, 0.2) is 0 Å². The average Bonchev–Trinajstić information content (AvgIpc) is 3.24. The summed E-state index contributed by atoms with van der Waals surface area (Å²) in [5.41, 5.74) is 4.28. The maximum absolute atomic E-state index is 9.75. The van der Waals surface area contributed by atoms with Gasteiger partial charge in [-0.05, 0) is 89.2 Å². The van der Waals surface area contributed by atoms with Gasteiger partial charge in [-0.3, -0.25) is 0 Å². The summed E-state index contributed by atoms with van der Waals surface area (Å²) in [7, 11) is -12.0. The highest BCUT2D eigenvalue weighted by Gasteiger charge is 2.36. The molecule has 0 aliphatic carbocycles. The van der Waals surface area contributed by atoms with Gasteiger partial charge < -0.3 is 39.5 Å². The summed E-state index contributed by atoms with van der Waals surface area (Å²) in [5, 5.41) is 0. The van der Waals surface area contributed by atoms with Gasteiger partial charge in [0.25, 0.3) is 0 Å². The van der Waals surface area contributed by atoms with Gasteiger partial charge in [0.2, 0.25) is 0 Å². The lowest BCUT2D eigenvalue weighted by molar-refractivity contribution is 0.329. The number of halogens is 8. The number of aromatic amines is 1. The molecule has 0 saturated heterocycles. The van der Waals surface area contributed by atoms with Crippen molar-refractivity contribution in [1.29, 1.82) is 0 Å². The molecule has 0 saturated carbocycles. The third-order valence-corrected chi connectivity index (χ3v) is 5.87. The molecule has 0 radical (unpaired) electrons. The lowest BCUT2D eigenvalue weighted by atomic mass is 9.87. The molecule has 0 aliphatic heterocycles. The highest BCUT2D eigenvalue weighted by molar-refractivity contribution is 6.50. The Hall–Kier alpha value is -2.85. The molecule has 0 atom stereocenters. The fourth-order valence-corrected chi connectivity index (χ4v) is 3.53. The second kappa shape index (κ2) is 13.0. The van der Waals surface area contributed by atoms with E-state index in [9.17, 15) is 34.5 Å². The second-order valence-corrected chi connectivity index (χ2v) is 14.4. The number of H-pyrrole nitrogens is 1. The topological polar surface area (TPSA) is 38.4 Å². The van der Waals surface area contributed by atoms with Gasteiger partial charge in [0.05, 0.1) is 21.7 Å². The maximum atomic E-state index is 9.75. The molecular formula is C30H43B2F8NO2. The van der Waals surface area contributed by atoms with Gasteiger partial charge >= 0.3 is 37.5 Å². The van der Waals surface area contributed by atoms with E-state index in [0.717, 1.165) is 39.9 Å². The minimum Gasteiger partial charge on any atom is -0.418 e. The van der Waals surface area contributed by atoms with Crippen LogP contribution in [0, 0.1) is 0 Å². The standard InChI is InChI=1S/C30H43NO2.2BF4/c1-27(2,3)23-14-19(15-24(32-23)28(4,5)6)21-13-22(31-18-21)20-16-25(29(7,8)9)33-26(17-20)30(10,11)12;2*2-1(3,4)5/h13-18,31H,1-12H3;;/q+2;2*-1. The molecule has 13 heteroatoms. The Bertz CT molecular complexity index is 1180. The molecule has 0 fully saturated rings. The van der Waals surface area contributed by atoms with Crippen LogP contribution < -0.4 is 0 Å². The van der Waals surface area contributed by atoms with E-state index in [4.69, 9.17) is 8.83 Å². The summed E-state index contributed by atoms with van der Waals surface area (Å²) >= 11 is 0. The van der Waals surface area contributed by atoms with Crippen LogP contribution in [0.5, 0.6) is 0 Å². The van der Waals surface area contributed by atoms with Crippen molar-refractivity contribution < 1.29 is 43.4 Å². The molecule has 0 aliphatic rings. The van der Waals surface area contributed by atoms with E-state index in [1.165, 1.54) is 5.56 Å². The van der Waals surface area contributed by atoms with Crippen molar-refractivity contribution in [3.63, 3.8) is 0 Å². The Labute approximate surface area is 249 Å². The number of rotatable bonds is 2. The van der Waals surface area contributed by atoms with Gasteiger partial charge in [-0.2, -0.15) is 0 Å². The Morgan fingerprint density at radius 2 is 0.698 bits per heavy atom. The van der Waals surface area contributed by atoms with Gasteiger partial charge in [0.1, 0.15) is 0 Å². The molecule has 0 spiro atoms. The summed E-state index contributed by atoms with van der Waals surface area (Å²) < 4.78 is 90.7. The van der Waals surface area contributed by atoms with E-state index in [0.29, 0.717) is 0 Å². The normalized spacial score (nSPS) is 13.1. The monoisotopic (exact) mass is 623 g/mol. The number of hydrogen-bond acceptors (Lipinski definition) is 0. The molecule has 3 rings (SSSR count). The van der Waals surface area contributed by atoms with Crippen molar-refractivity contribution in [2.45, 2.75) is 105 Å². The van der Waals surface area contributed by atoms with Crippen LogP contribution in [0.15, 0.2) is 45.4 Å². The number of nitrogens with one attached hydrogen (secondary N) is 1. The van der Waals surface area contributed by atoms with Gasteiger partial charge in [-0.1, -0.05) is 0 Å². The van der Waals surface area contributed by atoms with E-state index < -0.39 is 14.5 Å². The SMILES string of the molecule is CC(C)(C)c1cc(-c2c[nH]c(-c3cc(C(C)(C)C)[o+]c(C(C)(C)C)c3)c2)cc(C(C)(C)C)[o+]1.F[B-](F)(F)F.F[B-](F)(F)F. The van der Waals surface area contributed by atoms with Gasteiger partial charge in [-0.25, -0.2) is 8.83 Å². The lowest BCUT2D eigenvalue weighted by Gasteiger charge is -2.15. The molecule has 0 aromatic carbocycles. The molecule has 242 valence electrons. The van der Waals surface area contributed by atoms with E-state index in [2.05, 4.69) is 125 Å². The van der Waals surface area contributed by atoms with E-state index >= 15 is 0 Å². The van der Waals surface area contributed by atoms with Crippen LogP contribution in [0.2, 0.25) is 0 Å². The van der Waals surface area contributed by atoms with Crippen LogP contribution in [0.25, 0.3) is 22.4 Å². The van der Waals surface area contributed by atoms with Crippen LogP contribution in [-0.4, -0.2) is 19.5 Å². The Kier molecular flexibility index (Phi) is 11.6. The fourth-order valence-electron chi connectivity index (χ4n) is 3.53. The smallest absolute Gasteiger partial charge is 0.418 e. The van der Waals surface area contributed by atoms with Crippen molar-refractivity contribution in [3.8, 4) is 22.4 Å². The zero-order valence-corrected chi connectivity index (χ0v) is 27.0. The first-order valence-corrected chi connectivity index (χ1v) is 13.8. The van der Waals surface area contributed by atoms with Crippen molar-refractivity contribution in [3.05, 3.63) is 59.6 Å². The maximum Gasteiger partial charge on any atom is 0.673 e. The van der Waals surface area contributed by atoms with Crippen molar-refractivity contribution >= 4 is 14.5 Å². The highest BCUT2D eigenvalue weighted by Crippen LogP contribution is 2.37. The van der Waals surface area contributed by atoms with Crippen LogP contribution in [0.1, 0.15) is 106 Å². The first-order valence-electron chi connectivity index (χ1n) is 13.8. The quantitative estimate of drug-likeness (QED) is 0.175. The van der Waals surface area contributed by atoms with E-state index in [1.807, 2.05) is 0 Å². The fraction of sp³-hybridized carbons (Fsp3) is 0.533. The molecular weight excluding hydrogens is 580 g/mol. The number of hydrogen-bond donors (Lipinski definition) is 1. The Balaban J connectivity index is 0.000000798. The molecule has 43 heavy (non-hydrogen) atoms. The first kappa shape index (κ1) is 38.2. The minimum absolute atomic E-state index is 0.0701. The van der Waals surface area contributed by atoms with E-state index in [-0.39, 0.29) is 21.7 Å². The lowest BCUT2D eigenvalue weighted by Crippen LogP contribution is -2.16. The van der Waals surface area contributed by atoms with Crippen LogP contribution in [0.3, 0.4) is 0 Å². The zero-order chi connectivity index (χ0) is 34.0. The zero-order valence-electron chi connectivity index (χ0n) is 27.0. The van der Waals surface area contributed by atoms with Crippen molar-refractivity contribution in [2.75, 3.05) is 0 Å². The molecule has 1 N–H and O–H groups in total. The van der Waals surface area contributed by atoms with Crippen LogP contribution >= 0.6 is 0 Å². The molecule has 3 aromatic rings. The second-order valence-electron chi connectivity index (χ2n) is 14.4. The predicted octanol–water partition coefficient (Wildman–Crippen LogP) is 11.9. The van der Waals surface area contributed by atoms with Crippen LogP contribution in [0.4, 0.5) is 34.5 Å². The Morgan fingerprint density at radius 3 is 0.953 bits per heavy atom. The Morgan fingerprint density at radius 1 is 0.442 bits per heavy atom.